The summed E-state index contributed by atoms with van der Waals surface area (Å²) in [7, 11) is 0. The molecule has 0 unspecified atom stereocenters. The molecule has 0 fully saturated rings. The zero-order valence-corrected chi connectivity index (χ0v) is 29.6. The van der Waals surface area contributed by atoms with E-state index in [2.05, 4.69) is 193 Å². The molecule has 0 radical (unpaired) electrons. The van der Waals surface area contributed by atoms with Gasteiger partial charge < -0.3 is 4.57 Å². The summed E-state index contributed by atoms with van der Waals surface area (Å²) >= 11 is 1.93. The van der Waals surface area contributed by atoms with Crippen molar-refractivity contribution in [2.75, 3.05) is 0 Å². The van der Waals surface area contributed by atoms with E-state index in [1.165, 1.54) is 103 Å². The molecule has 0 amide bonds. The first-order valence-electron chi connectivity index (χ1n) is 18.4. The van der Waals surface area contributed by atoms with E-state index < -0.39 is 5.41 Å². The third kappa shape index (κ3) is 3.83. The van der Waals surface area contributed by atoms with Gasteiger partial charge in [-0.2, -0.15) is 0 Å². The van der Waals surface area contributed by atoms with Gasteiger partial charge in [0.15, 0.2) is 0 Å². The molecule has 2 aliphatic rings. The van der Waals surface area contributed by atoms with E-state index in [0.29, 0.717) is 0 Å². The maximum absolute atomic E-state index is 2.55. The predicted octanol–water partition coefficient (Wildman–Crippen LogP) is 13.6. The fourth-order valence-electron chi connectivity index (χ4n) is 9.71. The molecule has 1 aliphatic heterocycles. The van der Waals surface area contributed by atoms with Crippen LogP contribution in [0.1, 0.15) is 22.3 Å². The number of hydrogen-bond donors (Lipinski definition) is 0. The first kappa shape index (κ1) is 29.3. The highest BCUT2D eigenvalue weighted by atomic mass is 32.2. The monoisotopic (exact) mass is 689 g/mol. The third-order valence-corrected chi connectivity index (χ3v) is 13.1. The van der Waals surface area contributed by atoms with Crippen LogP contribution >= 0.6 is 11.8 Å². The van der Waals surface area contributed by atoms with Gasteiger partial charge in [-0.15, -0.1) is 0 Å². The Labute approximate surface area is 311 Å². The van der Waals surface area contributed by atoms with Crippen LogP contribution in [0.25, 0.3) is 71.3 Å². The summed E-state index contributed by atoms with van der Waals surface area (Å²) in [4.78, 5) is 2.64. The summed E-state index contributed by atoms with van der Waals surface area (Å²) in [6, 6.07) is 70.2. The summed E-state index contributed by atoms with van der Waals surface area (Å²) in [6.07, 6.45) is 0. The molecule has 0 saturated heterocycles. The quantitative estimate of drug-likeness (QED) is 0.175. The van der Waals surface area contributed by atoms with Gasteiger partial charge >= 0.3 is 0 Å². The van der Waals surface area contributed by atoms with Crippen molar-refractivity contribution in [2.24, 2.45) is 0 Å². The summed E-state index contributed by atoms with van der Waals surface area (Å²) in [6.45, 7) is 0. The lowest BCUT2D eigenvalue weighted by Crippen LogP contribution is -2.32. The standard InChI is InChI=1S/C51H31NS/c1-3-15-36-32(12-1)14-11-19-37(36)34-24-27-35(28-25-34)52-46-31-26-33-13-2-4-16-38(33)48(46)41-29-30-45-50(49(41)52)53-47-23-10-9-22-44(47)51(45)42-20-7-5-17-39(42)40-18-6-8-21-43(40)51/h1-31H. The van der Waals surface area contributed by atoms with Gasteiger partial charge in [-0.1, -0.05) is 176 Å². The molecule has 246 valence electrons. The molecule has 2 heteroatoms. The summed E-state index contributed by atoms with van der Waals surface area (Å²) < 4.78 is 2.55. The van der Waals surface area contributed by atoms with Gasteiger partial charge in [-0.3, -0.25) is 0 Å². The van der Waals surface area contributed by atoms with Crippen LogP contribution in [-0.4, -0.2) is 4.57 Å². The van der Waals surface area contributed by atoms with Gasteiger partial charge in [0.2, 0.25) is 0 Å². The lowest BCUT2D eigenvalue weighted by molar-refractivity contribution is 0.724. The SMILES string of the molecule is c1ccc2c(c1)Sc1c(ccc3c4c5ccccc5ccc4n(-c4ccc(-c5cccc6ccccc56)cc4)c13)C21c2ccccc2-c2ccccc21. The third-order valence-electron chi connectivity index (χ3n) is 11.9. The molecular formula is C51H31NS. The molecule has 10 aromatic rings. The van der Waals surface area contributed by atoms with E-state index in [1.54, 1.807) is 0 Å². The molecule has 1 nitrogen and oxygen atoms in total. The largest absolute Gasteiger partial charge is 0.308 e. The van der Waals surface area contributed by atoms with E-state index in [-0.39, 0.29) is 0 Å². The summed E-state index contributed by atoms with van der Waals surface area (Å²) in [5, 5.41) is 7.67. The first-order chi connectivity index (χ1) is 26.3. The highest BCUT2D eigenvalue weighted by molar-refractivity contribution is 7.99. The minimum Gasteiger partial charge on any atom is -0.308 e. The second kappa shape index (κ2) is 10.8. The predicted molar refractivity (Wildman–Crippen MR) is 223 cm³/mol. The maximum Gasteiger partial charge on any atom is 0.0736 e. The topological polar surface area (TPSA) is 4.93 Å². The van der Waals surface area contributed by atoms with Crippen molar-refractivity contribution in [3.8, 4) is 27.9 Å². The Balaban J connectivity index is 1.20. The molecule has 0 atom stereocenters. The molecular weight excluding hydrogens is 659 g/mol. The Morgan fingerprint density at radius 3 is 1.77 bits per heavy atom. The zero-order chi connectivity index (χ0) is 34.7. The van der Waals surface area contributed by atoms with Crippen molar-refractivity contribution in [1.29, 1.82) is 0 Å². The molecule has 0 bridgehead atoms. The zero-order valence-electron chi connectivity index (χ0n) is 28.8. The average molecular weight is 690 g/mol. The fraction of sp³-hybridized carbons (Fsp3) is 0.0196. The first-order valence-corrected chi connectivity index (χ1v) is 19.2. The number of benzene rings is 9. The maximum atomic E-state index is 2.55. The van der Waals surface area contributed by atoms with Crippen molar-refractivity contribution in [3.05, 3.63) is 210 Å². The molecule has 0 N–H and O–H groups in total. The van der Waals surface area contributed by atoms with Gasteiger partial charge in [0.1, 0.15) is 0 Å². The molecule has 0 saturated carbocycles. The smallest absolute Gasteiger partial charge is 0.0736 e. The van der Waals surface area contributed by atoms with Gasteiger partial charge in [0, 0.05) is 26.3 Å². The van der Waals surface area contributed by atoms with Crippen LogP contribution in [0.4, 0.5) is 0 Å². The van der Waals surface area contributed by atoms with Crippen molar-refractivity contribution in [3.63, 3.8) is 0 Å². The van der Waals surface area contributed by atoms with Crippen LogP contribution in [0.3, 0.4) is 0 Å². The minimum absolute atomic E-state index is 0.430. The number of aromatic nitrogens is 1. The van der Waals surface area contributed by atoms with E-state index in [9.17, 15) is 0 Å². The normalized spacial score (nSPS) is 13.7. The number of fused-ring (bicyclic) bond motifs is 16. The molecule has 1 aromatic heterocycles. The number of rotatable bonds is 2. The van der Waals surface area contributed by atoms with Crippen LogP contribution in [0.15, 0.2) is 198 Å². The van der Waals surface area contributed by atoms with E-state index in [0.717, 1.165) is 0 Å². The Bertz CT molecular complexity index is 3100. The highest BCUT2D eigenvalue weighted by Gasteiger charge is 2.50. The van der Waals surface area contributed by atoms with Gasteiger partial charge in [0.05, 0.1) is 16.4 Å². The fourth-order valence-corrected chi connectivity index (χ4v) is 11.0. The minimum atomic E-state index is -0.430. The summed E-state index contributed by atoms with van der Waals surface area (Å²) in [5.74, 6) is 0. The van der Waals surface area contributed by atoms with Gasteiger partial charge in [-0.05, 0) is 90.3 Å². The van der Waals surface area contributed by atoms with Crippen molar-refractivity contribution >= 4 is 55.1 Å². The lowest BCUT2D eigenvalue weighted by Gasteiger charge is -2.40. The van der Waals surface area contributed by atoms with E-state index in [1.807, 2.05) is 11.8 Å². The molecule has 2 heterocycles. The lowest BCUT2D eigenvalue weighted by atomic mass is 9.67. The Kier molecular flexibility index (Phi) is 5.98. The molecule has 53 heavy (non-hydrogen) atoms. The van der Waals surface area contributed by atoms with Gasteiger partial charge in [0.25, 0.3) is 0 Å². The van der Waals surface area contributed by atoms with Crippen LogP contribution in [-0.2, 0) is 5.41 Å². The second-order valence-electron chi connectivity index (χ2n) is 14.4. The van der Waals surface area contributed by atoms with Crippen LogP contribution in [0.5, 0.6) is 0 Å². The van der Waals surface area contributed by atoms with Crippen LogP contribution < -0.4 is 0 Å². The highest BCUT2D eigenvalue weighted by Crippen LogP contribution is 2.63. The van der Waals surface area contributed by atoms with E-state index >= 15 is 0 Å². The summed E-state index contributed by atoms with van der Waals surface area (Å²) in [5.41, 5.74) is 13.8. The van der Waals surface area contributed by atoms with E-state index in [4.69, 9.17) is 0 Å². The Morgan fingerprint density at radius 1 is 0.396 bits per heavy atom. The molecule has 1 spiro atoms. The average Bonchev–Trinajstić information content (AvgIpc) is 3.73. The Hall–Kier alpha value is -6.35. The van der Waals surface area contributed by atoms with Crippen molar-refractivity contribution < 1.29 is 0 Å². The van der Waals surface area contributed by atoms with Crippen molar-refractivity contribution in [2.45, 2.75) is 15.2 Å². The molecule has 9 aromatic carbocycles. The molecule has 12 rings (SSSR count). The van der Waals surface area contributed by atoms with Crippen molar-refractivity contribution in [1.82, 2.24) is 4.57 Å². The van der Waals surface area contributed by atoms with Crippen LogP contribution in [0.2, 0.25) is 0 Å². The number of hydrogen-bond acceptors (Lipinski definition) is 1. The van der Waals surface area contributed by atoms with Crippen LogP contribution in [0, 0.1) is 0 Å². The van der Waals surface area contributed by atoms with Gasteiger partial charge in [-0.25, -0.2) is 0 Å². The second-order valence-corrected chi connectivity index (χ2v) is 15.4. The molecule has 1 aliphatic carbocycles. The Morgan fingerprint density at radius 2 is 1.00 bits per heavy atom. The number of nitrogens with zero attached hydrogens (tertiary/aromatic N) is 1.